The predicted octanol–water partition coefficient (Wildman–Crippen LogP) is 14.3. The number of benzene rings is 8. The van der Waals surface area contributed by atoms with E-state index in [0.29, 0.717) is 0 Å². The third-order valence-corrected chi connectivity index (χ3v) is 12.4. The van der Waals surface area contributed by atoms with E-state index in [0.717, 1.165) is 77.4 Å². The Kier molecular flexibility index (Phi) is 7.12. The molecule has 0 aliphatic heterocycles. The van der Waals surface area contributed by atoms with Gasteiger partial charge in [-0.1, -0.05) is 91.0 Å². The van der Waals surface area contributed by atoms with Gasteiger partial charge in [0.15, 0.2) is 0 Å². The van der Waals surface area contributed by atoms with Gasteiger partial charge in [-0.25, -0.2) is 9.97 Å². The van der Waals surface area contributed by atoms with Gasteiger partial charge < -0.3 is 4.74 Å². The molecule has 0 N–H and O–H groups in total. The molecule has 0 amide bonds. The lowest BCUT2D eigenvalue weighted by Crippen LogP contribution is -2.00. The minimum atomic E-state index is 0.748. The van der Waals surface area contributed by atoms with Crippen molar-refractivity contribution in [2.75, 3.05) is 0 Å². The van der Waals surface area contributed by atoms with E-state index >= 15 is 0 Å². The number of imidazole rings is 2. The lowest BCUT2D eigenvalue weighted by Gasteiger charge is -2.22. The fourth-order valence-corrected chi connectivity index (χ4v) is 9.88. The first-order valence-electron chi connectivity index (χ1n) is 20.3. The van der Waals surface area contributed by atoms with Gasteiger partial charge in [0.25, 0.3) is 0 Å². The molecule has 4 aromatic heterocycles. The third kappa shape index (κ3) is 4.85. The summed E-state index contributed by atoms with van der Waals surface area (Å²) in [7, 11) is 0. The summed E-state index contributed by atoms with van der Waals surface area (Å²) in [6.45, 7) is 8.92. The molecule has 59 heavy (non-hydrogen) atoms. The molecule has 5 nitrogen and oxygen atoms in total. The van der Waals surface area contributed by atoms with Gasteiger partial charge in [0.2, 0.25) is 0 Å². The van der Waals surface area contributed by atoms with Crippen LogP contribution in [0.3, 0.4) is 0 Å². The Morgan fingerprint density at radius 2 is 0.864 bits per heavy atom. The maximum Gasteiger partial charge on any atom is 0.146 e. The Morgan fingerprint density at radius 3 is 1.49 bits per heavy atom. The molecule has 0 saturated carbocycles. The molecule has 0 aliphatic carbocycles. The molecule has 0 aliphatic rings. The van der Waals surface area contributed by atoms with Gasteiger partial charge in [-0.3, -0.25) is 8.80 Å². The topological polar surface area (TPSA) is 43.8 Å². The van der Waals surface area contributed by atoms with E-state index in [1.807, 2.05) is 6.07 Å². The Bertz CT molecular complexity index is 3720. The summed E-state index contributed by atoms with van der Waals surface area (Å²) in [5.41, 5.74) is 18.2. The highest BCUT2D eigenvalue weighted by molar-refractivity contribution is 6.20. The molecule has 0 radical (unpaired) electrons. The number of rotatable bonds is 4. The Morgan fingerprint density at radius 1 is 0.373 bits per heavy atom. The van der Waals surface area contributed by atoms with Crippen LogP contribution < -0.4 is 4.74 Å². The second-order valence-electron chi connectivity index (χ2n) is 16.0. The first-order chi connectivity index (χ1) is 28.9. The Hall–Kier alpha value is -7.50. The van der Waals surface area contributed by atoms with Gasteiger partial charge in [0, 0.05) is 27.1 Å². The van der Waals surface area contributed by atoms with Crippen molar-refractivity contribution in [2.45, 2.75) is 27.7 Å². The van der Waals surface area contributed by atoms with Crippen LogP contribution in [-0.4, -0.2) is 18.8 Å². The number of hydrogen-bond donors (Lipinski definition) is 0. The number of aromatic nitrogens is 4. The molecule has 280 valence electrons. The Labute approximate surface area is 340 Å². The van der Waals surface area contributed by atoms with Crippen LogP contribution in [0.2, 0.25) is 0 Å². The number of hydrogen-bond acceptors (Lipinski definition) is 3. The van der Waals surface area contributed by atoms with Crippen LogP contribution in [0.25, 0.3) is 99.0 Å². The molecule has 0 fully saturated rings. The van der Waals surface area contributed by atoms with E-state index in [4.69, 9.17) is 14.7 Å². The molecule has 12 aromatic rings. The summed E-state index contributed by atoms with van der Waals surface area (Å²) in [4.78, 5) is 10.5. The van der Waals surface area contributed by atoms with Crippen molar-refractivity contribution in [3.8, 4) is 33.8 Å². The molecule has 0 atom stereocenters. The number of pyridine rings is 2. The van der Waals surface area contributed by atoms with Crippen molar-refractivity contribution < 1.29 is 4.74 Å². The van der Waals surface area contributed by atoms with Crippen molar-refractivity contribution in [1.29, 1.82) is 0 Å². The standard InChI is InChI=1S/C54H38N4O/c1-31-13-11-14-32(2)49(31)41-28-27-40-38-26-24-36(30-43(38)54-56-45-19-7-10-22-48(45)58(54)52(40)51(41)50-33(3)15-12-16-34(50)4)59-35-23-25-37-39-17-5-8-20-46(39)57-47-21-9-6-18-44(47)55-53(57)42(37)29-35/h5-30H,1-4H3. The van der Waals surface area contributed by atoms with Gasteiger partial charge in [0.05, 0.1) is 33.1 Å². The number of nitrogens with zero attached hydrogens (tertiary/aromatic N) is 4. The molecule has 8 aromatic carbocycles. The molecule has 4 heterocycles. The number of fused-ring (bicyclic) bond motifs is 16. The highest BCUT2D eigenvalue weighted by Crippen LogP contribution is 2.46. The minimum Gasteiger partial charge on any atom is -0.457 e. The quantitative estimate of drug-likeness (QED) is 0.168. The fourth-order valence-electron chi connectivity index (χ4n) is 9.88. The zero-order valence-corrected chi connectivity index (χ0v) is 33.2. The van der Waals surface area contributed by atoms with Crippen molar-refractivity contribution in [3.05, 3.63) is 180 Å². The molecule has 0 unspecified atom stereocenters. The third-order valence-electron chi connectivity index (χ3n) is 12.4. The summed E-state index contributed by atoms with van der Waals surface area (Å²) < 4.78 is 11.5. The first kappa shape index (κ1) is 33.6. The van der Waals surface area contributed by atoms with Crippen molar-refractivity contribution in [2.24, 2.45) is 0 Å². The lowest BCUT2D eigenvalue weighted by atomic mass is 9.84. The van der Waals surface area contributed by atoms with E-state index < -0.39 is 0 Å². The van der Waals surface area contributed by atoms with Gasteiger partial charge >= 0.3 is 0 Å². The van der Waals surface area contributed by atoms with Crippen LogP contribution in [0.4, 0.5) is 0 Å². The fraction of sp³-hybridized carbons (Fsp3) is 0.0741. The van der Waals surface area contributed by atoms with Gasteiger partial charge in [-0.05, 0) is 144 Å². The predicted molar refractivity (Wildman–Crippen MR) is 245 cm³/mol. The number of ether oxygens (including phenoxy) is 1. The monoisotopic (exact) mass is 758 g/mol. The van der Waals surface area contributed by atoms with E-state index in [9.17, 15) is 0 Å². The van der Waals surface area contributed by atoms with Gasteiger partial charge in [-0.15, -0.1) is 0 Å². The van der Waals surface area contributed by atoms with Crippen LogP contribution in [0.5, 0.6) is 11.5 Å². The van der Waals surface area contributed by atoms with Crippen molar-refractivity contribution in [3.63, 3.8) is 0 Å². The van der Waals surface area contributed by atoms with E-state index in [2.05, 4.69) is 188 Å². The first-order valence-corrected chi connectivity index (χ1v) is 20.3. The molecule has 5 heteroatoms. The normalized spacial score (nSPS) is 12.1. The smallest absolute Gasteiger partial charge is 0.146 e. The van der Waals surface area contributed by atoms with E-state index in [1.54, 1.807) is 0 Å². The second kappa shape index (κ2) is 12.5. The average Bonchev–Trinajstić information content (AvgIpc) is 3.84. The zero-order valence-electron chi connectivity index (χ0n) is 33.2. The SMILES string of the molecule is Cc1cccc(C)c1-c1ccc2c3ccc(Oc4ccc5c6ccccc6n6c7ccccc7nc6c5c4)cc3c3nc4ccccc4n3c2c1-c1c(C)cccc1C. The second-order valence-corrected chi connectivity index (χ2v) is 16.0. The van der Waals surface area contributed by atoms with Crippen LogP contribution >= 0.6 is 0 Å². The number of aryl methyl sites for hydroxylation is 4. The molecular weight excluding hydrogens is 721 g/mol. The summed E-state index contributed by atoms with van der Waals surface area (Å²) in [5, 5.41) is 6.70. The lowest BCUT2D eigenvalue weighted by molar-refractivity contribution is 0.484. The number of para-hydroxylation sites is 5. The highest BCUT2D eigenvalue weighted by atomic mass is 16.5. The largest absolute Gasteiger partial charge is 0.457 e. The van der Waals surface area contributed by atoms with Crippen molar-refractivity contribution >= 4 is 76.7 Å². The Balaban J connectivity index is 1.12. The summed E-state index contributed by atoms with van der Waals surface area (Å²) in [6, 6.07) is 56.2. The molecular formula is C54H38N4O. The molecule has 0 saturated heterocycles. The van der Waals surface area contributed by atoms with Gasteiger partial charge in [0.1, 0.15) is 22.8 Å². The molecule has 12 rings (SSSR count). The maximum absolute atomic E-state index is 6.82. The molecule has 0 bridgehead atoms. The van der Waals surface area contributed by atoms with Crippen LogP contribution in [0.15, 0.2) is 158 Å². The van der Waals surface area contributed by atoms with E-state index in [1.165, 1.54) is 55.3 Å². The maximum atomic E-state index is 6.82. The van der Waals surface area contributed by atoms with Crippen LogP contribution in [0, 0.1) is 27.7 Å². The summed E-state index contributed by atoms with van der Waals surface area (Å²) in [5.74, 6) is 1.50. The summed E-state index contributed by atoms with van der Waals surface area (Å²) >= 11 is 0. The minimum absolute atomic E-state index is 0.748. The van der Waals surface area contributed by atoms with Crippen LogP contribution in [-0.2, 0) is 0 Å². The molecule has 0 spiro atoms. The summed E-state index contributed by atoms with van der Waals surface area (Å²) in [6.07, 6.45) is 0. The van der Waals surface area contributed by atoms with Crippen LogP contribution in [0.1, 0.15) is 22.3 Å². The van der Waals surface area contributed by atoms with Crippen molar-refractivity contribution in [1.82, 2.24) is 18.8 Å². The average molecular weight is 759 g/mol. The van der Waals surface area contributed by atoms with E-state index in [-0.39, 0.29) is 0 Å². The highest BCUT2D eigenvalue weighted by Gasteiger charge is 2.24. The zero-order chi connectivity index (χ0) is 39.5. The van der Waals surface area contributed by atoms with Gasteiger partial charge in [-0.2, -0.15) is 0 Å².